The zero-order chi connectivity index (χ0) is 21.8. The molecule has 1 aliphatic heterocycles. The van der Waals surface area contributed by atoms with Crippen LogP contribution >= 0.6 is 0 Å². The fourth-order valence-corrected chi connectivity index (χ4v) is 2.97. The third-order valence-corrected chi connectivity index (χ3v) is 4.56. The van der Waals surface area contributed by atoms with Crippen LogP contribution in [0.15, 0.2) is 48.5 Å². The lowest BCUT2D eigenvalue weighted by molar-refractivity contribution is -0.150. The Morgan fingerprint density at radius 2 is 1.53 bits per heavy atom. The standard InChI is InChI=1S/C21H19N3O6/c1-12(24-19(27)15-5-3-4-6-16(15)20(24)28)21(29)30-11-17(25)23-14-9-7-13(8-10-14)18(26)22-2/h3-10,12H,11H2,1-2H3,(H,22,26)(H,23,25)/t12-/m1/s1. The molecule has 2 aromatic rings. The molecule has 0 spiro atoms. The van der Waals surface area contributed by atoms with Gasteiger partial charge in [0.2, 0.25) is 0 Å². The minimum atomic E-state index is -1.18. The summed E-state index contributed by atoms with van der Waals surface area (Å²) in [5.74, 6) is -2.91. The summed E-state index contributed by atoms with van der Waals surface area (Å²) in [6.45, 7) is 0.767. The van der Waals surface area contributed by atoms with Crippen molar-refractivity contribution in [3.8, 4) is 0 Å². The van der Waals surface area contributed by atoms with Crippen LogP contribution in [0.5, 0.6) is 0 Å². The van der Waals surface area contributed by atoms with Crippen LogP contribution in [0.3, 0.4) is 0 Å². The molecule has 3 rings (SSSR count). The van der Waals surface area contributed by atoms with Crippen molar-refractivity contribution >= 4 is 35.3 Å². The van der Waals surface area contributed by atoms with E-state index in [9.17, 15) is 24.0 Å². The Bertz CT molecular complexity index is 996. The Morgan fingerprint density at radius 1 is 0.967 bits per heavy atom. The van der Waals surface area contributed by atoms with Gasteiger partial charge in [0.25, 0.3) is 23.6 Å². The molecule has 154 valence electrons. The van der Waals surface area contributed by atoms with Gasteiger partial charge in [0.15, 0.2) is 6.61 Å². The minimum absolute atomic E-state index is 0.222. The van der Waals surface area contributed by atoms with Crippen molar-refractivity contribution in [1.82, 2.24) is 10.2 Å². The van der Waals surface area contributed by atoms with Crippen LogP contribution in [0.4, 0.5) is 5.69 Å². The molecule has 4 amide bonds. The maximum absolute atomic E-state index is 12.4. The van der Waals surface area contributed by atoms with E-state index in [0.717, 1.165) is 4.90 Å². The Kier molecular flexibility index (Phi) is 5.91. The Balaban J connectivity index is 1.55. The van der Waals surface area contributed by atoms with Crippen molar-refractivity contribution in [2.45, 2.75) is 13.0 Å². The lowest BCUT2D eigenvalue weighted by atomic mass is 10.1. The zero-order valence-corrected chi connectivity index (χ0v) is 16.3. The average Bonchev–Trinajstić information content (AvgIpc) is 3.02. The van der Waals surface area contributed by atoms with E-state index in [2.05, 4.69) is 10.6 Å². The van der Waals surface area contributed by atoms with Crippen LogP contribution in [0.2, 0.25) is 0 Å². The smallest absolute Gasteiger partial charge is 0.329 e. The molecule has 0 radical (unpaired) electrons. The molecule has 0 aromatic heterocycles. The third-order valence-electron chi connectivity index (χ3n) is 4.56. The van der Waals surface area contributed by atoms with Gasteiger partial charge < -0.3 is 15.4 Å². The van der Waals surface area contributed by atoms with Gasteiger partial charge in [0.05, 0.1) is 11.1 Å². The molecule has 0 aliphatic carbocycles. The number of anilines is 1. The molecule has 2 N–H and O–H groups in total. The minimum Gasteiger partial charge on any atom is -0.454 e. The van der Waals surface area contributed by atoms with E-state index in [1.807, 2.05) is 0 Å². The summed E-state index contributed by atoms with van der Waals surface area (Å²) in [5, 5.41) is 5.01. The summed E-state index contributed by atoms with van der Waals surface area (Å²) in [7, 11) is 1.51. The first-order valence-electron chi connectivity index (χ1n) is 9.09. The Labute approximate surface area is 172 Å². The van der Waals surface area contributed by atoms with Gasteiger partial charge >= 0.3 is 5.97 Å². The van der Waals surface area contributed by atoms with E-state index >= 15 is 0 Å². The highest BCUT2D eigenvalue weighted by Crippen LogP contribution is 2.24. The van der Waals surface area contributed by atoms with Crippen LogP contribution < -0.4 is 10.6 Å². The molecule has 0 unspecified atom stereocenters. The number of rotatable bonds is 6. The average molecular weight is 409 g/mol. The fourth-order valence-electron chi connectivity index (χ4n) is 2.97. The number of hydrogen-bond donors (Lipinski definition) is 2. The maximum Gasteiger partial charge on any atom is 0.329 e. The van der Waals surface area contributed by atoms with Crippen molar-refractivity contribution in [1.29, 1.82) is 0 Å². The van der Waals surface area contributed by atoms with Crippen molar-refractivity contribution in [2.24, 2.45) is 0 Å². The molecule has 1 aliphatic rings. The molecule has 0 saturated carbocycles. The number of carbonyl (C=O) groups excluding carboxylic acids is 5. The van der Waals surface area contributed by atoms with Gasteiger partial charge in [-0.25, -0.2) is 4.79 Å². The number of fused-ring (bicyclic) bond motifs is 1. The Hall–Kier alpha value is -4.01. The second kappa shape index (κ2) is 8.56. The highest BCUT2D eigenvalue weighted by molar-refractivity contribution is 6.22. The maximum atomic E-state index is 12.4. The number of hydrogen-bond acceptors (Lipinski definition) is 6. The zero-order valence-electron chi connectivity index (χ0n) is 16.3. The third kappa shape index (κ3) is 4.04. The number of esters is 1. The summed E-state index contributed by atoms with van der Waals surface area (Å²) in [4.78, 5) is 61.5. The largest absolute Gasteiger partial charge is 0.454 e. The van der Waals surface area contributed by atoms with Gasteiger partial charge in [-0.15, -0.1) is 0 Å². The van der Waals surface area contributed by atoms with Crippen molar-refractivity contribution in [3.05, 3.63) is 65.2 Å². The van der Waals surface area contributed by atoms with Crippen LogP contribution in [-0.2, 0) is 14.3 Å². The van der Waals surface area contributed by atoms with Gasteiger partial charge in [-0.05, 0) is 43.3 Å². The molecule has 0 bridgehead atoms. The molecule has 0 saturated heterocycles. The van der Waals surface area contributed by atoms with Crippen LogP contribution in [-0.4, -0.2) is 54.2 Å². The lowest BCUT2D eigenvalue weighted by Crippen LogP contribution is -2.44. The fraction of sp³-hybridized carbons (Fsp3) is 0.190. The number of nitrogens with zero attached hydrogens (tertiary/aromatic N) is 1. The van der Waals surface area contributed by atoms with Gasteiger partial charge in [-0.2, -0.15) is 0 Å². The monoisotopic (exact) mass is 409 g/mol. The first kappa shape index (κ1) is 20.7. The molecule has 1 heterocycles. The lowest BCUT2D eigenvalue weighted by Gasteiger charge is -2.20. The molecule has 9 nitrogen and oxygen atoms in total. The molecule has 2 aromatic carbocycles. The second-order valence-corrected chi connectivity index (χ2v) is 6.51. The van der Waals surface area contributed by atoms with Crippen LogP contribution in [0, 0.1) is 0 Å². The molecule has 30 heavy (non-hydrogen) atoms. The van der Waals surface area contributed by atoms with Gasteiger partial charge in [0, 0.05) is 18.3 Å². The summed E-state index contributed by atoms with van der Waals surface area (Å²) in [5.41, 5.74) is 1.29. The van der Waals surface area contributed by atoms with Crippen LogP contribution in [0.25, 0.3) is 0 Å². The summed E-state index contributed by atoms with van der Waals surface area (Å²) < 4.78 is 4.96. The molecule has 9 heteroatoms. The van der Waals surface area contributed by atoms with E-state index in [1.54, 1.807) is 12.1 Å². The number of ether oxygens (including phenoxy) is 1. The summed E-state index contributed by atoms with van der Waals surface area (Å²) in [6, 6.07) is 11.2. The van der Waals surface area contributed by atoms with Crippen molar-refractivity contribution < 1.29 is 28.7 Å². The van der Waals surface area contributed by atoms with Crippen LogP contribution in [0.1, 0.15) is 38.0 Å². The summed E-state index contributed by atoms with van der Waals surface area (Å²) in [6.07, 6.45) is 0. The number of benzene rings is 2. The summed E-state index contributed by atoms with van der Waals surface area (Å²) >= 11 is 0. The van der Waals surface area contributed by atoms with Crippen molar-refractivity contribution in [2.75, 3.05) is 19.0 Å². The number of amides is 4. The highest BCUT2D eigenvalue weighted by Gasteiger charge is 2.41. The molecular formula is C21H19N3O6. The Morgan fingerprint density at radius 3 is 2.07 bits per heavy atom. The molecular weight excluding hydrogens is 390 g/mol. The van der Waals surface area contributed by atoms with E-state index in [-0.39, 0.29) is 17.0 Å². The predicted molar refractivity (Wildman–Crippen MR) is 106 cm³/mol. The van der Waals surface area contributed by atoms with Crippen molar-refractivity contribution in [3.63, 3.8) is 0 Å². The number of carbonyl (C=O) groups is 5. The van der Waals surface area contributed by atoms with E-state index in [1.165, 1.54) is 50.4 Å². The van der Waals surface area contributed by atoms with Gasteiger partial charge in [-0.3, -0.25) is 24.1 Å². The highest BCUT2D eigenvalue weighted by atomic mass is 16.5. The van der Waals surface area contributed by atoms with Gasteiger partial charge in [-0.1, -0.05) is 12.1 Å². The normalized spacial score (nSPS) is 13.5. The number of nitrogens with one attached hydrogen (secondary N) is 2. The number of imide groups is 1. The van der Waals surface area contributed by atoms with E-state index in [0.29, 0.717) is 11.3 Å². The molecule has 1 atom stereocenters. The van der Waals surface area contributed by atoms with Gasteiger partial charge in [0.1, 0.15) is 6.04 Å². The second-order valence-electron chi connectivity index (χ2n) is 6.51. The quantitative estimate of drug-likeness (QED) is 0.546. The topological polar surface area (TPSA) is 122 Å². The first-order valence-corrected chi connectivity index (χ1v) is 9.09. The van der Waals surface area contributed by atoms with E-state index < -0.39 is 36.3 Å². The predicted octanol–water partition coefficient (Wildman–Crippen LogP) is 1.21. The van der Waals surface area contributed by atoms with E-state index in [4.69, 9.17) is 4.74 Å². The first-order chi connectivity index (χ1) is 14.3. The SMILES string of the molecule is CNC(=O)c1ccc(NC(=O)COC(=O)[C@@H](C)N2C(=O)c3ccccc3C2=O)cc1. The molecule has 0 fully saturated rings.